The van der Waals surface area contributed by atoms with Crippen molar-refractivity contribution in [3.63, 3.8) is 0 Å². The predicted octanol–water partition coefficient (Wildman–Crippen LogP) is 0.630. The molecule has 1 aromatic heterocycles. The van der Waals surface area contributed by atoms with Gasteiger partial charge in [-0.05, 0) is 32.9 Å². The Morgan fingerprint density at radius 3 is 2.50 bits per heavy atom. The first kappa shape index (κ1) is 10.7. The molecule has 1 heterocycles. The van der Waals surface area contributed by atoms with E-state index >= 15 is 0 Å². The molecule has 5 heteroatoms. The van der Waals surface area contributed by atoms with E-state index in [2.05, 4.69) is 15.5 Å². The van der Waals surface area contributed by atoms with Crippen LogP contribution >= 0.6 is 0 Å². The summed E-state index contributed by atoms with van der Waals surface area (Å²) in [5, 5.41) is 20.1. The average molecular weight is 196 g/mol. The Morgan fingerprint density at radius 2 is 2.07 bits per heavy atom. The summed E-state index contributed by atoms with van der Waals surface area (Å²) in [6.45, 7) is 5.49. The topological polar surface area (TPSA) is 84.1 Å². The molecule has 0 spiro atoms. The number of hydrogen-bond acceptors (Lipinski definition) is 5. The van der Waals surface area contributed by atoms with Gasteiger partial charge in [-0.25, -0.2) is 0 Å². The van der Waals surface area contributed by atoms with Crippen molar-refractivity contribution in [2.24, 2.45) is 0 Å². The van der Waals surface area contributed by atoms with Crippen molar-refractivity contribution in [1.82, 2.24) is 10.2 Å². The molecule has 5 nitrogen and oxygen atoms in total. The van der Waals surface area contributed by atoms with E-state index in [0.717, 1.165) is 0 Å². The fraction of sp³-hybridized carbons (Fsp3) is 0.556. The van der Waals surface area contributed by atoms with Crippen molar-refractivity contribution in [2.45, 2.75) is 32.4 Å². The van der Waals surface area contributed by atoms with Crippen LogP contribution in [0.1, 0.15) is 20.8 Å². The summed E-state index contributed by atoms with van der Waals surface area (Å²) in [6.07, 6.45) is -0.484. The SMILES string of the molecule is CC(O)C(C)(C)Nc1ccc(N)nn1. The molecule has 1 rings (SSSR count). The molecule has 1 aromatic rings. The van der Waals surface area contributed by atoms with Gasteiger partial charge in [-0.15, -0.1) is 10.2 Å². The molecule has 14 heavy (non-hydrogen) atoms. The van der Waals surface area contributed by atoms with Crippen LogP contribution in [0.2, 0.25) is 0 Å². The van der Waals surface area contributed by atoms with Gasteiger partial charge in [0.15, 0.2) is 0 Å². The van der Waals surface area contributed by atoms with Crippen LogP contribution in [-0.2, 0) is 0 Å². The number of anilines is 2. The number of rotatable bonds is 3. The van der Waals surface area contributed by atoms with Gasteiger partial charge in [0, 0.05) is 0 Å². The molecule has 4 N–H and O–H groups in total. The second kappa shape index (κ2) is 3.79. The molecule has 0 radical (unpaired) electrons. The van der Waals surface area contributed by atoms with E-state index in [0.29, 0.717) is 11.6 Å². The normalized spacial score (nSPS) is 13.7. The van der Waals surface area contributed by atoms with E-state index in [1.54, 1.807) is 19.1 Å². The Labute approximate surface area is 83.3 Å². The zero-order valence-corrected chi connectivity index (χ0v) is 8.65. The van der Waals surface area contributed by atoms with Crippen LogP contribution in [0.4, 0.5) is 11.6 Å². The smallest absolute Gasteiger partial charge is 0.149 e. The first-order valence-corrected chi connectivity index (χ1v) is 4.47. The minimum atomic E-state index is -0.484. The lowest BCUT2D eigenvalue weighted by Gasteiger charge is -2.29. The number of nitrogen functional groups attached to an aromatic ring is 1. The molecule has 0 aromatic carbocycles. The Morgan fingerprint density at radius 1 is 1.43 bits per heavy atom. The first-order valence-electron chi connectivity index (χ1n) is 4.47. The Bertz CT molecular complexity index is 294. The van der Waals surface area contributed by atoms with Gasteiger partial charge in [0.1, 0.15) is 11.6 Å². The highest BCUT2D eigenvalue weighted by Gasteiger charge is 2.23. The van der Waals surface area contributed by atoms with Gasteiger partial charge >= 0.3 is 0 Å². The van der Waals surface area contributed by atoms with E-state index in [1.165, 1.54) is 0 Å². The van der Waals surface area contributed by atoms with Crippen molar-refractivity contribution in [3.05, 3.63) is 12.1 Å². The highest BCUT2D eigenvalue weighted by molar-refractivity contribution is 5.40. The molecule has 0 fully saturated rings. The fourth-order valence-electron chi connectivity index (χ4n) is 0.844. The van der Waals surface area contributed by atoms with Crippen molar-refractivity contribution < 1.29 is 5.11 Å². The van der Waals surface area contributed by atoms with E-state index < -0.39 is 11.6 Å². The van der Waals surface area contributed by atoms with Crippen LogP contribution in [0, 0.1) is 0 Å². The monoisotopic (exact) mass is 196 g/mol. The molecule has 0 saturated carbocycles. The number of hydrogen-bond donors (Lipinski definition) is 3. The Hall–Kier alpha value is -1.36. The summed E-state index contributed by atoms with van der Waals surface area (Å²) in [5.41, 5.74) is 4.96. The van der Waals surface area contributed by atoms with Crippen molar-refractivity contribution in [3.8, 4) is 0 Å². The maximum atomic E-state index is 9.46. The second-order valence-electron chi connectivity index (χ2n) is 3.87. The predicted molar refractivity (Wildman–Crippen MR) is 55.8 cm³/mol. The molecule has 0 amide bonds. The molecule has 78 valence electrons. The van der Waals surface area contributed by atoms with Gasteiger partial charge in [-0.3, -0.25) is 0 Å². The minimum Gasteiger partial charge on any atom is -0.391 e. The lowest BCUT2D eigenvalue weighted by atomic mass is 9.99. The van der Waals surface area contributed by atoms with Crippen LogP contribution < -0.4 is 11.1 Å². The number of nitrogens with zero attached hydrogens (tertiary/aromatic N) is 2. The third-order valence-corrected chi connectivity index (χ3v) is 2.18. The Kier molecular flexibility index (Phi) is 2.90. The maximum absolute atomic E-state index is 9.46. The van der Waals surface area contributed by atoms with E-state index in [1.807, 2.05) is 13.8 Å². The lowest BCUT2D eigenvalue weighted by Crippen LogP contribution is -2.42. The number of aliphatic hydroxyl groups excluding tert-OH is 1. The second-order valence-corrected chi connectivity index (χ2v) is 3.87. The third kappa shape index (κ3) is 2.56. The van der Waals surface area contributed by atoms with Gasteiger partial charge in [-0.1, -0.05) is 0 Å². The zero-order chi connectivity index (χ0) is 10.8. The number of nitrogens with one attached hydrogen (secondary N) is 1. The molecule has 1 unspecified atom stereocenters. The highest BCUT2D eigenvalue weighted by atomic mass is 16.3. The molecule has 0 saturated heterocycles. The quantitative estimate of drug-likeness (QED) is 0.660. The summed E-state index contributed by atoms with van der Waals surface area (Å²) in [4.78, 5) is 0. The van der Waals surface area contributed by atoms with Gasteiger partial charge in [-0.2, -0.15) is 0 Å². The molecule has 1 atom stereocenters. The number of nitrogens with two attached hydrogens (primary N) is 1. The molecule has 0 aliphatic heterocycles. The van der Waals surface area contributed by atoms with E-state index in [-0.39, 0.29) is 0 Å². The maximum Gasteiger partial charge on any atom is 0.149 e. The van der Waals surface area contributed by atoms with E-state index in [9.17, 15) is 5.11 Å². The largest absolute Gasteiger partial charge is 0.391 e. The van der Waals surface area contributed by atoms with Gasteiger partial charge in [0.05, 0.1) is 11.6 Å². The summed E-state index contributed by atoms with van der Waals surface area (Å²) in [7, 11) is 0. The standard InChI is InChI=1S/C9H16N4O/c1-6(14)9(2,3)11-8-5-4-7(10)12-13-8/h4-6,14H,1-3H3,(H2,10,12)(H,11,13). The van der Waals surface area contributed by atoms with Crippen LogP contribution in [0.3, 0.4) is 0 Å². The summed E-state index contributed by atoms with van der Waals surface area (Å²) in [5.74, 6) is 0.982. The molecule has 0 aliphatic rings. The first-order chi connectivity index (χ1) is 6.42. The molecular weight excluding hydrogens is 180 g/mol. The number of aromatic nitrogens is 2. The average Bonchev–Trinajstić information content (AvgIpc) is 2.08. The van der Waals surface area contributed by atoms with Gasteiger partial charge in [0.2, 0.25) is 0 Å². The summed E-state index contributed by atoms with van der Waals surface area (Å²) < 4.78 is 0. The van der Waals surface area contributed by atoms with E-state index in [4.69, 9.17) is 5.73 Å². The molecule has 0 bridgehead atoms. The van der Waals surface area contributed by atoms with Crippen molar-refractivity contribution >= 4 is 11.6 Å². The lowest BCUT2D eigenvalue weighted by molar-refractivity contribution is 0.133. The summed E-state index contributed by atoms with van der Waals surface area (Å²) in [6, 6.07) is 3.39. The molecular formula is C9H16N4O. The third-order valence-electron chi connectivity index (χ3n) is 2.18. The highest BCUT2D eigenvalue weighted by Crippen LogP contribution is 2.15. The molecule has 0 aliphatic carbocycles. The van der Waals surface area contributed by atoms with Gasteiger partial charge < -0.3 is 16.2 Å². The van der Waals surface area contributed by atoms with Crippen LogP contribution in [-0.4, -0.2) is 26.9 Å². The van der Waals surface area contributed by atoms with Gasteiger partial charge in [0.25, 0.3) is 0 Å². The minimum absolute atomic E-state index is 0.380. The fourth-order valence-corrected chi connectivity index (χ4v) is 0.844. The zero-order valence-electron chi connectivity index (χ0n) is 8.65. The summed E-state index contributed by atoms with van der Waals surface area (Å²) >= 11 is 0. The Balaban J connectivity index is 2.74. The van der Waals surface area contributed by atoms with Crippen molar-refractivity contribution in [2.75, 3.05) is 11.1 Å². The van der Waals surface area contributed by atoms with Crippen molar-refractivity contribution in [1.29, 1.82) is 0 Å². The number of aliphatic hydroxyl groups is 1. The van der Waals surface area contributed by atoms with Crippen LogP contribution in [0.5, 0.6) is 0 Å². The van der Waals surface area contributed by atoms with Crippen LogP contribution in [0.25, 0.3) is 0 Å². The van der Waals surface area contributed by atoms with Crippen LogP contribution in [0.15, 0.2) is 12.1 Å².